The van der Waals surface area contributed by atoms with Crippen LogP contribution in [0.25, 0.3) is 0 Å². The maximum absolute atomic E-state index is 12.7. The van der Waals surface area contributed by atoms with E-state index in [1.54, 1.807) is 20.8 Å². The van der Waals surface area contributed by atoms with Gasteiger partial charge in [0.2, 0.25) is 5.91 Å². The van der Waals surface area contributed by atoms with Gasteiger partial charge in [-0.05, 0) is 26.3 Å². The summed E-state index contributed by atoms with van der Waals surface area (Å²) < 4.78 is 10.6. The quantitative estimate of drug-likeness (QED) is 0.754. The van der Waals surface area contributed by atoms with Crippen molar-refractivity contribution < 1.29 is 19.1 Å². The second-order valence-electron chi connectivity index (χ2n) is 7.63. The van der Waals surface area contributed by atoms with E-state index in [0.29, 0.717) is 13.0 Å². The summed E-state index contributed by atoms with van der Waals surface area (Å²) >= 11 is 0. The number of hydrogen-bond acceptors (Lipinski definition) is 5. The van der Waals surface area contributed by atoms with Crippen molar-refractivity contribution in [1.29, 1.82) is 0 Å². The van der Waals surface area contributed by atoms with E-state index < -0.39 is 17.7 Å². The molecule has 27 heavy (non-hydrogen) atoms. The van der Waals surface area contributed by atoms with Crippen molar-refractivity contribution in [2.45, 2.75) is 38.8 Å². The molecule has 2 rings (SSSR count). The Labute approximate surface area is 161 Å². The number of amides is 2. The summed E-state index contributed by atoms with van der Waals surface area (Å²) in [6, 6.07) is 8.93. The second kappa shape index (κ2) is 10.3. The summed E-state index contributed by atoms with van der Waals surface area (Å²) in [6.45, 7) is 9.87. The van der Waals surface area contributed by atoms with Gasteiger partial charge in [-0.2, -0.15) is 0 Å². The van der Waals surface area contributed by atoms with Crippen molar-refractivity contribution >= 4 is 12.0 Å². The number of alkyl carbamates (subject to hydrolysis) is 1. The average Bonchev–Trinajstić information content (AvgIpc) is 2.61. The van der Waals surface area contributed by atoms with E-state index in [1.165, 1.54) is 0 Å². The normalized spacial score (nSPS) is 16.4. The van der Waals surface area contributed by atoms with Crippen molar-refractivity contribution in [3.8, 4) is 0 Å². The zero-order valence-electron chi connectivity index (χ0n) is 16.5. The predicted octanol–water partition coefficient (Wildman–Crippen LogP) is 1.57. The van der Waals surface area contributed by atoms with Crippen LogP contribution in [0, 0.1) is 0 Å². The van der Waals surface area contributed by atoms with Crippen LogP contribution in [-0.2, 0) is 20.7 Å². The molecule has 0 aromatic heterocycles. The summed E-state index contributed by atoms with van der Waals surface area (Å²) in [5.74, 6) is -0.210. The van der Waals surface area contributed by atoms with Gasteiger partial charge in [0.15, 0.2) is 0 Å². The first kappa shape index (κ1) is 21.2. The molecule has 1 atom stereocenters. The third-order valence-corrected chi connectivity index (χ3v) is 4.12. The largest absolute Gasteiger partial charge is 0.444 e. The highest BCUT2D eigenvalue weighted by atomic mass is 16.6. The van der Waals surface area contributed by atoms with Crippen LogP contribution in [0.15, 0.2) is 30.3 Å². The van der Waals surface area contributed by atoms with Crippen LogP contribution in [-0.4, -0.2) is 67.9 Å². The highest BCUT2D eigenvalue weighted by Crippen LogP contribution is 2.08. The summed E-state index contributed by atoms with van der Waals surface area (Å²) in [4.78, 5) is 27.1. The van der Waals surface area contributed by atoms with Crippen LogP contribution in [0.4, 0.5) is 4.79 Å². The van der Waals surface area contributed by atoms with Crippen LogP contribution < -0.4 is 10.6 Å². The minimum atomic E-state index is -0.688. The van der Waals surface area contributed by atoms with Crippen molar-refractivity contribution in [3.05, 3.63) is 35.9 Å². The lowest BCUT2D eigenvalue weighted by Crippen LogP contribution is -2.50. The fourth-order valence-corrected chi connectivity index (χ4v) is 2.79. The zero-order valence-corrected chi connectivity index (χ0v) is 16.5. The highest BCUT2D eigenvalue weighted by molar-refractivity contribution is 5.86. The predicted molar refractivity (Wildman–Crippen MR) is 104 cm³/mol. The molecule has 1 heterocycles. The molecule has 1 saturated heterocycles. The highest BCUT2D eigenvalue weighted by Gasteiger charge is 2.24. The Kier molecular flexibility index (Phi) is 8.06. The van der Waals surface area contributed by atoms with E-state index in [0.717, 1.165) is 38.4 Å². The maximum atomic E-state index is 12.7. The lowest BCUT2D eigenvalue weighted by atomic mass is 10.1. The monoisotopic (exact) mass is 377 g/mol. The van der Waals surface area contributed by atoms with Crippen LogP contribution >= 0.6 is 0 Å². The third-order valence-electron chi connectivity index (χ3n) is 4.12. The average molecular weight is 377 g/mol. The Hall–Kier alpha value is -2.12. The fourth-order valence-electron chi connectivity index (χ4n) is 2.79. The lowest BCUT2D eigenvalue weighted by Gasteiger charge is -2.27. The van der Waals surface area contributed by atoms with Gasteiger partial charge in [-0.15, -0.1) is 0 Å². The molecule has 1 aliphatic heterocycles. The number of nitrogens with one attached hydrogen (secondary N) is 2. The van der Waals surface area contributed by atoms with Crippen molar-refractivity contribution in [2.75, 3.05) is 39.4 Å². The van der Waals surface area contributed by atoms with Gasteiger partial charge < -0.3 is 20.1 Å². The van der Waals surface area contributed by atoms with E-state index in [4.69, 9.17) is 9.47 Å². The first-order chi connectivity index (χ1) is 12.8. The molecule has 1 aromatic carbocycles. The lowest BCUT2D eigenvalue weighted by molar-refractivity contribution is -0.123. The summed E-state index contributed by atoms with van der Waals surface area (Å²) in [6.07, 6.45) is -0.185. The van der Waals surface area contributed by atoms with Gasteiger partial charge in [0, 0.05) is 32.6 Å². The molecule has 0 radical (unpaired) electrons. The molecule has 1 fully saturated rings. The van der Waals surface area contributed by atoms with Gasteiger partial charge >= 0.3 is 6.09 Å². The third kappa shape index (κ3) is 8.41. The second-order valence-corrected chi connectivity index (χ2v) is 7.63. The van der Waals surface area contributed by atoms with E-state index in [9.17, 15) is 9.59 Å². The van der Waals surface area contributed by atoms with Crippen molar-refractivity contribution in [3.63, 3.8) is 0 Å². The van der Waals surface area contributed by atoms with Gasteiger partial charge in [-0.1, -0.05) is 30.3 Å². The number of hydrogen-bond donors (Lipinski definition) is 2. The number of rotatable bonds is 7. The summed E-state index contributed by atoms with van der Waals surface area (Å²) in [7, 11) is 0. The summed E-state index contributed by atoms with van der Waals surface area (Å²) in [5.41, 5.74) is 0.357. The van der Waals surface area contributed by atoms with E-state index >= 15 is 0 Å². The molecular weight excluding hydrogens is 346 g/mol. The molecular formula is C20H31N3O4. The van der Waals surface area contributed by atoms with Crippen LogP contribution in [0.2, 0.25) is 0 Å². The Morgan fingerprint density at radius 3 is 2.48 bits per heavy atom. The van der Waals surface area contributed by atoms with E-state index in [-0.39, 0.29) is 5.91 Å². The molecule has 1 aliphatic rings. The Bertz CT molecular complexity index is 595. The van der Waals surface area contributed by atoms with Gasteiger partial charge in [-0.25, -0.2) is 4.79 Å². The first-order valence-electron chi connectivity index (χ1n) is 9.45. The van der Waals surface area contributed by atoms with Crippen molar-refractivity contribution in [1.82, 2.24) is 15.5 Å². The Morgan fingerprint density at radius 1 is 1.19 bits per heavy atom. The topological polar surface area (TPSA) is 79.9 Å². The fraction of sp³-hybridized carbons (Fsp3) is 0.600. The van der Waals surface area contributed by atoms with Crippen molar-refractivity contribution in [2.24, 2.45) is 0 Å². The first-order valence-corrected chi connectivity index (χ1v) is 9.45. The molecule has 150 valence electrons. The molecule has 0 spiro atoms. The molecule has 2 N–H and O–H groups in total. The Balaban J connectivity index is 1.90. The van der Waals surface area contributed by atoms with Gasteiger partial charge in [-0.3, -0.25) is 9.69 Å². The van der Waals surface area contributed by atoms with Gasteiger partial charge in [0.1, 0.15) is 11.6 Å². The standard InChI is InChI=1S/C20H31N3O4/c1-20(2,3)27-19(25)22-17(15-16-7-5-4-6-8-16)18(24)21-9-10-23-11-13-26-14-12-23/h4-8,17H,9-15H2,1-3H3,(H,21,24)(H,22,25). The smallest absolute Gasteiger partial charge is 0.408 e. The summed E-state index contributed by atoms with van der Waals surface area (Å²) in [5, 5.41) is 5.63. The van der Waals surface area contributed by atoms with E-state index in [1.807, 2.05) is 30.3 Å². The molecule has 7 nitrogen and oxygen atoms in total. The number of carbonyl (C=O) groups is 2. The SMILES string of the molecule is CC(C)(C)OC(=O)NC(Cc1ccccc1)C(=O)NCCN1CCOCC1. The van der Waals surface area contributed by atoms with Crippen LogP contribution in [0.1, 0.15) is 26.3 Å². The maximum Gasteiger partial charge on any atom is 0.408 e. The molecule has 1 aromatic rings. The molecule has 1 unspecified atom stereocenters. The number of ether oxygens (including phenoxy) is 2. The number of nitrogens with zero attached hydrogens (tertiary/aromatic N) is 1. The molecule has 0 saturated carbocycles. The zero-order chi connectivity index (χ0) is 19.7. The minimum absolute atomic E-state index is 0.210. The van der Waals surface area contributed by atoms with Crippen LogP contribution in [0.3, 0.4) is 0 Å². The molecule has 0 bridgehead atoms. The van der Waals surface area contributed by atoms with Gasteiger partial charge in [0.25, 0.3) is 0 Å². The van der Waals surface area contributed by atoms with E-state index in [2.05, 4.69) is 15.5 Å². The molecule has 2 amide bonds. The Morgan fingerprint density at radius 2 is 1.85 bits per heavy atom. The van der Waals surface area contributed by atoms with Crippen LogP contribution in [0.5, 0.6) is 0 Å². The number of morpholine rings is 1. The number of benzene rings is 1. The molecule has 7 heteroatoms. The number of carbonyl (C=O) groups excluding carboxylic acids is 2. The molecule has 0 aliphatic carbocycles. The van der Waals surface area contributed by atoms with Gasteiger partial charge in [0.05, 0.1) is 13.2 Å². The minimum Gasteiger partial charge on any atom is -0.444 e.